The first kappa shape index (κ1) is 9.27. The molecule has 0 radical (unpaired) electrons. The zero-order valence-corrected chi connectivity index (χ0v) is 7.88. The third-order valence-corrected chi connectivity index (χ3v) is 2.26. The van der Waals surface area contributed by atoms with E-state index < -0.39 is 0 Å². The van der Waals surface area contributed by atoms with Crippen LogP contribution in [0.1, 0.15) is 20.3 Å². The molecule has 2 unspecified atom stereocenters. The van der Waals surface area contributed by atoms with Gasteiger partial charge in [-0.05, 0) is 26.2 Å². The molecule has 2 N–H and O–H groups in total. The maximum Gasteiger partial charge on any atom is 0.0111 e. The minimum absolute atomic E-state index is 0.415. The van der Waals surface area contributed by atoms with Crippen LogP contribution >= 0.6 is 0 Å². The largest absolute Gasteiger partial charge is 0.327 e. The number of allylic oxidation sites excluding steroid dienone is 4. The number of rotatable bonds is 3. The molecule has 0 aromatic carbocycles. The molecule has 0 aromatic heterocycles. The van der Waals surface area contributed by atoms with E-state index in [1.54, 1.807) is 0 Å². The average molecular weight is 163 g/mol. The second kappa shape index (κ2) is 3.72. The monoisotopic (exact) mass is 163 g/mol. The molecule has 0 bridgehead atoms. The van der Waals surface area contributed by atoms with Gasteiger partial charge in [0.15, 0.2) is 0 Å². The van der Waals surface area contributed by atoms with Gasteiger partial charge >= 0.3 is 0 Å². The van der Waals surface area contributed by atoms with Crippen molar-refractivity contribution in [1.82, 2.24) is 0 Å². The van der Waals surface area contributed by atoms with Gasteiger partial charge in [-0.15, -0.1) is 0 Å². The Kier molecular flexibility index (Phi) is 2.88. The lowest BCUT2D eigenvalue weighted by Crippen LogP contribution is -2.02. The lowest BCUT2D eigenvalue weighted by molar-refractivity contribution is 0.915. The molecule has 0 saturated heterocycles. The van der Waals surface area contributed by atoms with Gasteiger partial charge in [-0.25, -0.2) is 0 Å². The summed E-state index contributed by atoms with van der Waals surface area (Å²) < 4.78 is 0. The maximum atomic E-state index is 5.74. The molecular weight excluding hydrogens is 146 g/mol. The van der Waals surface area contributed by atoms with E-state index in [0.29, 0.717) is 12.0 Å². The van der Waals surface area contributed by atoms with Crippen LogP contribution in [-0.4, -0.2) is 6.04 Å². The normalized spacial score (nSPS) is 30.2. The molecule has 1 fully saturated rings. The van der Waals surface area contributed by atoms with Crippen molar-refractivity contribution < 1.29 is 0 Å². The molecule has 0 amide bonds. The van der Waals surface area contributed by atoms with Gasteiger partial charge in [0.05, 0.1) is 0 Å². The van der Waals surface area contributed by atoms with Gasteiger partial charge in [0, 0.05) is 6.04 Å². The molecule has 66 valence electrons. The highest BCUT2D eigenvalue weighted by atomic mass is 14.7. The van der Waals surface area contributed by atoms with E-state index in [1.807, 2.05) is 12.2 Å². The summed E-state index contributed by atoms with van der Waals surface area (Å²) in [7, 11) is 0. The smallest absolute Gasteiger partial charge is 0.0111 e. The Balaban J connectivity index is 2.56. The van der Waals surface area contributed by atoms with Crippen LogP contribution in [0, 0.1) is 5.92 Å². The molecule has 2 atom stereocenters. The highest BCUT2D eigenvalue weighted by molar-refractivity contribution is 5.28. The van der Waals surface area contributed by atoms with Crippen molar-refractivity contribution in [3.63, 3.8) is 0 Å². The molecule has 12 heavy (non-hydrogen) atoms. The average Bonchev–Trinajstić information content (AvgIpc) is 2.67. The van der Waals surface area contributed by atoms with Crippen molar-refractivity contribution >= 4 is 0 Å². The molecule has 1 saturated carbocycles. The van der Waals surface area contributed by atoms with Crippen LogP contribution in [0.25, 0.3) is 0 Å². The van der Waals surface area contributed by atoms with Gasteiger partial charge in [0.1, 0.15) is 0 Å². The topological polar surface area (TPSA) is 26.0 Å². The minimum atomic E-state index is 0.415. The fourth-order valence-electron chi connectivity index (χ4n) is 1.44. The summed E-state index contributed by atoms with van der Waals surface area (Å²) in [4.78, 5) is 0. The fraction of sp³-hybridized carbons (Fsp3) is 0.455. The first-order valence-electron chi connectivity index (χ1n) is 4.38. The zero-order valence-electron chi connectivity index (χ0n) is 7.88. The third-order valence-electron chi connectivity index (χ3n) is 2.26. The zero-order chi connectivity index (χ0) is 9.14. The van der Waals surface area contributed by atoms with E-state index in [1.165, 1.54) is 11.1 Å². The van der Waals surface area contributed by atoms with E-state index in [4.69, 9.17) is 5.73 Å². The van der Waals surface area contributed by atoms with E-state index in [-0.39, 0.29) is 0 Å². The summed E-state index contributed by atoms with van der Waals surface area (Å²) in [5.74, 6) is 0.637. The van der Waals surface area contributed by atoms with Crippen LogP contribution < -0.4 is 5.73 Å². The van der Waals surface area contributed by atoms with E-state index >= 15 is 0 Å². The van der Waals surface area contributed by atoms with Crippen LogP contribution in [0.15, 0.2) is 36.0 Å². The summed E-state index contributed by atoms with van der Waals surface area (Å²) in [6.45, 7) is 7.89. The Labute approximate surface area is 74.7 Å². The lowest BCUT2D eigenvalue weighted by Gasteiger charge is -1.97. The van der Waals surface area contributed by atoms with Crippen LogP contribution in [0.5, 0.6) is 0 Å². The second-order valence-corrected chi connectivity index (χ2v) is 3.54. The summed E-state index contributed by atoms with van der Waals surface area (Å²) in [5, 5.41) is 0. The molecule has 0 heterocycles. The van der Waals surface area contributed by atoms with Crippen molar-refractivity contribution in [2.45, 2.75) is 26.3 Å². The van der Waals surface area contributed by atoms with Crippen LogP contribution in [0.3, 0.4) is 0 Å². The van der Waals surface area contributed by atoms with Gasteiger partial charge in [0.2, 0.25) is 0 Å². The first-order valence-corrected chi connectivity index (χ1v) is 4.38. The summed E-state index contributed by atoms with van der Waals surface area (Å²) in [5.41, 5.74) is 8.39. The van der Waals surface area contributed by atoms with Crippen LogP contribution in [-0.2, 0) is 0 Å². The number of hydrogen-bond acceptors (Lipinski definition) is 1. The van der Waals surface area contributed by atoms with Crippen molar-refractivity contribution in [2.75, 3.05) is 0 Å². The predicted octanol–water partition coefficient (Wildman–Crippen LogP) is 2.41. The summed E-state index contributed by atoms with van der Waals surface area (Å²) in [6.07, 6.45) is 7.17. The summed E-state index contributed by atoms with van der Waals surface area (Å²) in [6, 6.07) is 0.415. The Bertz CT molecular complexity index is 235. The molecule has 0 aromatic rings. The molecule has 1 heteroatoms. The quantitative estimate of drug-likeness (QED) is 0.635. The van der Waals surface area contributed by atoms with Crippen molar-refractivity contribution in [2.24, 2.45) is 11.7 Å². The highest BCUT2D eigenvalue weighted by Gasteiger charge is 2.34. The second-order valence-electron chi connectivity index (χ2n) is 3.54. The molecule has 1 rings (SSSR count). The Morgan fingerprint density at radius 1 is 1.50 bits per heavy atom. The molecular formula is C11H17N. The van der Waals surface area contributed by atoms with Gasteiger partial charge in [-0.2, -0.15) is 0 Å². The van der Waals surface area contributed by atoms with Gasteiger partial charge in [0.25, 0.3) is 0 Å². The van der Waals surface area contributed by atoms with Crippen LogP contribution in [0.4, 0.5) is 0 Å². The van der Waals surface area contributed by atoms with Crippen molar-refractivity contribution in [1.29, 1.82) is 0 Å². The maximum absolute atomic E-state index is 5.74. The molecule has 1 nitrogen and oxygen atoms in total. The van der Waals surface area contributed by atoms with Gasteiger partial charge < -0.3 is 5.73 Å². The van der Waals surface area contributed by atoms with Gasteiger partial charge in [-0.1, -0.05) is 36.0 Å². The Morgan fingerprint density at radius 3 is 2.50 bits per heavy atom. The van der Waals surface area contributed by atoms with E-state index in [0.717, 1.165) is 6.42 Å². The van der Waals surface area contributed by atoms with E-state index in [9.17, 15) is 0 Å². The Hall–Kier alpha value is -0.820. The standard InChI is InChI=1S/C11H17N/c1-4-5-8(2)6-9(3)10-7-11(10)12/h4-6,10-11H,1,7,12H2,2-3H3/b8-5-,9-6+. The van der Waals surface area contributed by atoms with Crippen LogP contribution in [0.2, 0.25) is 0 Å². The SMILES string of the molecule is C=C/C=C(C)\C=C(/C)C1CC1N. The Morgan fingerprint density at radius 2 is 2.08 bits per heavy atom. The molecule has 1 aliphatic carbocycles. The minimum Gasteiger partial charge on any atom is -0.327 e. The molecule has 0 spiro atoms. The predicted molar refractivity (Wildman–Crippen MR) is 53.8 cm³/mol. The summed E-state index contributed by atoms with van der Waals surface area (Å²) >= 11 is 0. The fourth-order valence-corrected chi connectivity index (χ4v) is 1.44. The number of hydrogen-bond donors (Lipinski definition) is 1. The number of nitrogens with two attached hydrogens (primary N) is 1. The lowest BCUT2D eigenvalue weighted by atomic mass is 10.1. The molecule has 0 aliphatic heterocycles. The van der Waals surface area contributed by atoms with Crippen molar-refractivity contribution in [3.8, 4) is 0 Å². The third kappa shape index (κ3) is 2.35. The van der Waals surface area contributed by atoms with Gasteiger partial charge in [-0.3, -0.25) is 0 Å². The molecule has 1 aliphatic rings. The first-order chi connectivity index (χ1) is 5.65. The van der Waals surface area contributed by atoms with Crippen molar-refractivity contribution in [3.05, 3.63) is 36.0 Å². The van der Waals surface area contributed by atoms with E-state index in [2.05, 4.69) is 26.5 Å². The highest BCUT2D eigenvalue weighted by Crippen LogP contribution is 2.35.